The molecule has 26 heavy (non-hydrogen) atoms. The molecule has 1 saturated heterocycles. The Hall–Kier alpha value is -2.69. The van der Waals surface area contributed by atoms with E-state index in [1.54, 1.807) is 12.4 Å². The van der Waals surface area contributed by atoms with E-state index < -0.39 is 0 Å². The summed E-state index contributed by atoms with van der Waals surface area (Å²) in [7, 11) is 0. The second-order valence-electron chi connectivity index (χ2n) is 6.78. The van der Waals surface area contributed by atoms with Gasteiger partial charge in [-0.15, -0.1) is 0 Å². The highest BCUT2D eigenvalue weighted by Crippen LogP contribution is 2.22. The highest BCUT2D eigenvalue weighted by atomic mass is 16.2. The lowest BCUT2D eigenvalue weighted by Gasteiger charge is -2.24. The molecule has 0 radical (unpaired) electrons. The summed E-state index contributed by atoms with van der Waals surface area (Å²) in [6.07, 6.45) is 6.45. The Balaban J connectivity index is 1.55. The normalized spacial score (nSPS) is 17.6. The van der Waals surface area contributed by atoms with Gasteiger partial charge in [0, 0.05) is 44.4 Å². The average molecular weight is 351 g/mol. The molecule has 136 valence electrons. The first kappa shape index (κ1) is 18.1. The molecule has 1 fully saturated rings. The molecule has 1 N–H and O–H groups in total. The number of hydrogen-bond acceptors (Lipinski definition) is 3. The third-order valence-corrected chi connectivity index (χ3v) is 4.75. The number of nitrogens with one attached hydrogen (secondary N) is 1. The van der Waals surface area contributed by atoms with Crippen LogP contribution in [0.2, 0.25) is 0 Å². The topological polar surface area (TPSA) is 62.3 Å². The van der Waals surface area contributed by atoms with Crippen LogP contribution in [0.1, 0.15) is 36.8 Å². The number of carbonyl (C=O) groups excluding carboxylic acids is 2. The van der Waals surface area contributed by atoms with Gasteiger partial charge in [-0.1, -0.05) is 42.8 Å². The van der Waals surface area contributed by atoms with Crippen molar-refractivity contribution < 1.29 is 9.59 Å². The molecule has 1 aromatic carbocycles. The van der Waals surface area contributed by atoms with Crippen molar-refractivity contribution in [1.82, 2.24) is 15.2 Å². The Labute approximate surface area is 154 Å². The van der Waals surface area contributed by atoms with Crippen LogP contribution in [0.3, 0.4) is 0 Å². The molecule has 5 heteroatoms. The van der Waals surface area contributed by atoms with Crippen LogP contribution in [0.15, 0.2) is 54.9 Å². The summed E-state index contributed by atoms with van der Waals surface area (Å²) < 4.78 is 0. The van der Waals surface area contributed by atoms with Crippen molar-refractivity contribution in [2.24, 2.45) is 5.92 Å². The SMILES string of the molecule is O=C(CC1CCCCN(Cc2ccccc2)C1=O)NCc1cccnc1. The van der Waals surface area contributed by atoms with Crippen LogP contribution in [0.25, 0.3) is 0 Å². The van der Waals surface area contributed by atoms with Gasteiger partial charge in [-0.2, -0.15) is 0 Å². The van der Waals surface area contributed by atoms with Crippen LogP contribution in [-0.2, 0) is 22.7 Å². The van der Waals surface area contributed by atoms with E-state index in [0.717, 1.165) is 36.9 Å². The zero-order valence-corrected chi connectivity index (χ0v) is 14.9. The third-order valence-electron chi connectivity index (χ3n) is 4.75. The fourth-order valence-electron chi connectivity index (χ4n) is 3.33. The van der Waals surface area contributed by atoms with E-state index in [1.165, 1.54) is 0 Å². The van der Waals surface area contributed by atoms with Crippen LogP contribution in [0, 0.1) is 5.92 Å². The van der Waals surface area contributed by atoms with Crippen LogP contribution < -0.4 is 5.32 Å². The first-order chi connectivity index (χ1) is 12.7. The lowest BCUT2D eigenvalue weighted by Crippen LogP contribution is -2.37. The van der Waals surface area contributed by atoms with Gasteiger partial charge in [-0.05, 0) is 30.0 Å². The van der Waals surface area contributed by atoms with Gasteiger partial charge in [0.2, 0.25) is 11.8 Å². The largest absolute Gasteiger partial charge is 0.352 e. The number of aromatic nitrogens is 1. The van der Waals surface area contributed by atoms with Gasteiger partial charge in [0.1, 0.15) is 0 Å². The second kappa shape index (κ2) is 9.13. The molecule has 2 aromatic rings. The summed E-state index contributed by atoms with van der Waals surface area (Å²) in [5.41, 5.74) is 2.08. The van der Waals surface area contributed by atoms with Gasteiger partial charge < -0.3 is 10.2 Å². The van der Waals surface area contributed by atoms with Gasteiger partial charge in [0.15, 0.2) is 0 Å². The van der Waals surface area contributed by atoms with E-state index in [0.29, 0.717) is 13.1 Å². The van der Waals surface area contributed by atoms with Crippen molar-refractivity contribution in [3.05, 3.63) is 66.0 Å². The lowest BCUT2D eigenvalue weighted by molar-refractivity contribution is -0.138. The van der Waals surface area contributed by atoms with E-state index >= 15 is 0 Å². The number of benzene rings is 1. The summed E-state index contributed by atoms with van der Waals surface area (Å²) in [6, 6.07) is 13.8. The number of likely N-dealkylation sites (tertiary alicyclic amines) is 1. The Bertz CT molecular complexity index is 719. The minimum atomic E-state index is -0.227. The molecule has 1 atom stereocenters. The number of amides is 2. The summed E-state index contributed by atoms with van der Waals surface area (Å²) in [6.45, 7) is 1.83. The Morgan fingerprint density at radius 3 is 2.69 bits per heavy atom. The van der Waals surface area contributed by atoms with Crippen molar-refractivity contribution in [2.45, 2.75) is 38.8 Å². The van der Waals surface area contributed by atoms with Crippen molar-refractivity contribution >= 4 is 11.8 Å². The van der Waals surface area contributed by atoms with Gasteiger partial charge in [0.05, 0.1) is 0 Å². The van der Waals surface area contributed by atoms with E-state index in [-0.39, 0.29) is 24.2 Å². The minimum absolute atomic E-state index is 0.0752. The molecule has 3 rings (SSSR count). The molecular weight excluding hydrogens is 326 g/mol. The molecule has 1 aromatic heterocycles. The zero-order valence-electron chi connectivity index (χ0n) is 14.9. The number of nitrogens with zero attached hydrogens (tertiary/aromatic N) is 2. The minimum Gasteiger partial charge on any atom is -0.352 e. The number of pyridine rings is 1. The first-order valence-electron chi connectivity index (χ1n) is 9.20. The van der Waals surface area contributed by atoms with E-state index in [9.17, 15) is 9.59 Å². The standard InChI is InChI=1S/C21H25N3O2/c25-20(23-15-18-9-6-11-22-14-18)13-19-10-4-5-12-24(21(19)26)16-17-7-2-1-3-8-17/h1-3,6-9,11,14,19H,4-5,10,12-13,15-16H2,(H,23,25). The highest BCUT2D eigenvalue weighted by Gasteiger charge is 2.28. The maximum Gasteiger partial charge on any atom is 0.226 e. The van der Waals surface area contributed by atoms with Crippen molar-refractivity contribution in [3.63, 3.8) is 0 Å². The molecule has 1 aliphatic rings. The molecule has 2 amide bonds. The Morgan fingerprint density at radius 2 is 1.92 bits per heavy atom. The fraction of sp³-hybridized carbons (Fsp3) is 0.381. The van der Waals surface area contributed by atoms with Crippen LogP contribution in [-0.4, -0.2) is 28.2 Å². The van der Waals surface area contributed by atoms with Gasteiger partial charge >= 0.3 is 0 Å². The molecule has 5 nitrogen and oxygen atoms in total. The number of rotatable bonds is 6. The molecule has 1 unspecified atom stereocenters. The summed E-state index contributed by atoms with van der Waals surface area (Å²) in [4.78, 5) is 31.1. The lowest BCUT2D eigenvalue weighted by atomic mass is 9.98. The highest BCUT2D eigenvalue weighted by molar-refractivity contribution is 5.86. The van der Waals surface area contributed by atoms with Crippen LogP contribution in [0.5, 0.6) is 0 Å². The zero-order chi connectivity index (χ0) is 18.2. The first-order valence-corrected chi connectivity index (χ1v) is 9.20. The van der Waals surface area contributed by atoms with Gasteiger partial charge in [-0.25, -0.2) is 0 Å². The molecular formula is C21H25N3O2. The quantitative estimate of drug-likeness (QED) is 0.870. The molecule has 2 heterocycles. The van der Waals surface area contributed by atoms with Crippen molar-refractivity contribution in [1.29, 1.82) is 0 Å². The van der Waals surface area contributed by atoms with Crippen LogP contribution >= 0.6 is 0 Å². The predicted octanol–water partition coefficient (Wildman–Crippen LogP) is 2.92. The monoisotopic (exact) mass is 351 g/mol. The number of hydrogen-bond donors (Lipinski definition) is 1. The third kappa shape index (κ3) is 5.15. The fourth-order valence-corrected chi connectivity index (χ4v) is 3.33. The molecule has 0 bridgehead atoms. The summed E-state index contributed by atoms with van der Waals surface area (Å²) in [5, 5.41) is 2.90. The van der Waals surface area contributed by atoms with E-state index in [2.05, 4.69) is 10.3 Å². The number of carbonyl (C=O) groups is 2. The maximum atomic E-state index is 12.9. The Morgan fingerprint density at radius 1 is 1.12 bits per heavy atom. The van der Waals surface area contributed by atoms with Gasteiger partial charge in [0.25, 0.3) is 0 Å². The molecule has 0 aliphatic carbocycles. The van der Waals surface area contributed by atoms with E-state index in [1.807, 2.05) is 47.4 Å². The maximum absolute atomic E-state index is 12.9. The second-order valence-corrected chi connectivity index (χ2v) is 6.78. The summed E-state index contributed by atoms with van der Waals surface area (Å²) >= 11 is 0. The average Bonchev–Trinajstić information content (AvgIpc) is 2.84. The summed E-state index contributed by atoms with van der Waals surface area (Å²) in [5.74, 6) is -0.202. The van der Waals surface area contributed by atoms with Crippen molar-refractivity contribution in [2.75, 3.05) is 6.54 Å². The van der Waals surface area contributed by atoms with Crippen LogP contribution in [0.4, 0.5) is 0 Å². The smallest absolute Gasteiger partial charge is 0.226 e. The molecule has 0 saturated carbocycles. The van der Waals surface area contributed by atoms with E-state index in [4.69, 9.17) is 0 Å². The van der Waals surface area contributed by atoms with Crippen molar-refractivity contribution in [3.8, 4) is 0 Å². The molecule has 1 aliphatic heterocycles. The Kier molecular flexibility index (Phi) is 6.36. The molecule has 0 spiro atoms. The van der Waals surface area contributed by atoms with Gasteiger partial charge in [-0.3, -0.25) is 14.6 Å². The predicted molar refractivity (Wildman–Crippen MR) is 99.9 cm³/mol.